The molecule has 0 saturated heterocycles. The third kappa shape index (κ3) is 6.21. The van der Waals surface area contributed by atoms with Gasteiger partial charge in [0.1, 0.15) is 5.75 Å². The Morgan fingerprint density at radius 1 is 1.21 bits per heavy atom. The van der Waals surface area contributed by atoms with E-state index in [9.17, 15) is 9.59 Å². The van der Waals surface area contributed by atoms with Gasteiger partial charge in [-0.05, 0) is 44.0 Å². The number of benzene rings is 1. The standard InChI is InChI=1S/C20H24ClN3O4S/c1-2-24(16-6-4-3-5-7-16)17(25)12-27-18(26)13-29-20-23-22-19(28-20)14-8-10-15(21)11-9-14/h8-11,16H,2-7,12-13H2,1H3. The van der Waals surface area contributed by atoms with Crippen LogP contribution in [-0.4, -0.2) is 51.9 Å². The first-order chi connectivity index (χ1) is 14.1. The lowest BCUT2D eigenvalue weighted by molar-refractivity contribution is -0.151. The molecule has 0 N–H and O–H groups in total. The minimum absolute atomic E-state index is 0.00884. The van der Waals surface area contributed by atoms with E-state index in [-0.39, 0.29) is 29.5 Å². The normalized spacial score (nSPS) is 14.6. The number of amides is 1. The van der Waals surface area contributed by atoms with Gasteiger partial charge < -0.3 is 14.1 Å². The summed E-state index contributed by atoms with van der Waals surface area (Å²) in [6.45, 7) is 2.35. The molecule has 1 aliphatic carbocycles. The van der Waals surface area contributed by atoms with Crippen LogP contribution in [0.1, 0.15) is 39.0 Å². The van der Waals surface area contributed by atoms with Gasteiger partial charge in [0.25, 0.3) is 11.1 Å². The van der Waals surface area contributed by atoms with Crippen LogP contribution in [0.5, 0.6) is 0 Å². The first-order valence-electron chi connectivity index (χ1n) is 9.74. The molecule has 1 heterocycles. The Morgan fingerprint density at radius 2 is 1.93 bits per heavy atom. The molecule has 1 amide bonds. The van der Waals surface area contributed by atoms with Gasteiger partial charge in [0, 0.05) is 23.2 Å². The fourth-order valence-corrected chi connectivity index (χ4v) is 4.08. The third-order valence-corrected chi connectivity index (χ3v) is 5.89. The molecule has 156 valence electrons. The highest BCUT2D eigenvalue weighted by atomic mass is 35.5. The molecule has 0 unspecified atom stereocenters. The minimum Gasteiger partial charge on any atom is -0.455 e. The van der Waals surface area contributed by atoms with Crippen LogP contribution in [0.25, 0.3) is 11.5 Å². The number of aromatic nitrogens is 2. The van der Waals surface area contributed by atoms with Gasteiger partial charge in [0.15, 0.2) is 6.61 Å². The average molecular weight is 438 g/mol. The van der Waals surface area contributed by atoms with Crippen LogP contribution in [0.4, 0.5) is 0 Å². The second-order valence-corrected chi connectivity index (χ2v) is 8.16. The summed E-state index contributed by atoms with van der Waals surface area (Å²) in [7, 11) is 0. The Hall–Kier alpha value is -2.06. The zero-order valence-corrected chi connectivity index (χ0v) is 17.9. The molecule has 0 radical (unpaired) electrons. The van der Waals surface area contributed by atoms with Gasteiger partial charge in [0.2, 0.25) is 5.89 Å². The monoisotopic (exact) mass is 437 g/mol. The predicted molar refractivity (Wildman–Crippen MR) is 111 cm³/mol. The molecule has 1 saturated carbocycles. The van der Waals surface area contributed by atoms with E-state index in [1.54, 1.807) is 24.3 Å². The van der Waals surface area contributed by atoms with Crippen molar-refractivity contribution in [3.8, 4) is 11.5 Å². The topological polar surface area (TPSA) is 85.5 Å². The number of halogens is 1. The predicted octanol–water partition coefficient (Wildman–Crippen LogP) is 4.21. The van der Waals surface area contributed by atoms with Gasteiger partial charge in [-0.2, -0.15) is 0 Å². The van der Waals surface area contributed by atoms with E-state index in [2.05, 4.69) is 10.2 Å². The highest BCUT2D eigenvalue weighted by Crippen LogP contribution is 2.25. The molecule has 1 aliphatic rings. The first kappa shape index (κ1) is 21.6. The van der Waals surface area contributed by atoms with Crippen LogP contribution in [0.3, 0.4) is 0 Å². The quantitative estimate of drug-likeness (QED) is 0.451. The maximum atomic E-state index is 12.4. The summed E-state index contributed by atoms with van der Waals surface area (Å²) in [5.74, 6) is -0.293. The molecule has 3 rings (SSSR count). The highest BCUT2D eigenvalue weighted by molar-refractivity contribution is 7.99. The van der Waals surface area contributed by atoms with Gasteiger partial charge in [0.05, 0.1) is 0 Å². The Kier molecular flexibility index (Phi) is 7.94. The highest BCUT2D eigenvalue weighted by Gasteiger charge is 2.24. The van der Waals surface area contributed by atoms with Crippen LogP contribution < -0.4 is 0 Å². The number of carbonyl (C=O) groups is 2. The van der Waals surface area contributed by atoms with E-state index in [1.165, 1.54) is 6.42 Å². The second-order valence-electron chi connectivity index (χ2n) is 6.80. The van der Waals surface area contributed by atoms with Gasteiger partial charge in [-0.3, -0.25) is 9.59 Å². The SMILES string of the molecule is CCN(C(=O)COC(=O)CSc1nnc(-c2ccc(Cl)cc2)o1)C1CCCCC1. The molecule has 7 nitrogen and oxygen atoms in total. The first-order valence-corrected chi connectivity index (χ1v) is 11.1. The number of nitrogens with zero attached hydrogens (tertiary/aromatic N) is 3. The van der Waals surface area contributed by atoms with Gasteiger partial charge >= 0.3 is 5.97 Å². The largest absolute Gasteiger partial charge is 0.455 e. The fourth-order valence-electron chi connectivity index (χ4n) is 3.40. The smallest absolute Gasteiger partial charge is 0.316 e. The lowest BCUT2D eigenvalue weighted by Crippen LogP contribution is -2.43. The summed E-state index contributed by atoms with van der Waals surface area (Å²) >= 11 is 6.94. The number of carbonyl (C=O) groups excluding carboxylic acids is 2. The van der Waals surface area contributed by atoms with Crippen molar-refractivity contribution in [1.29, 1.82) is 0 Å². The van der Waals surface area contributed by atoms with Gasteiger partial charge in [-0.25, -0.2) is 0 Å². The minimum atomic E-state index is -0.491. The molecule has 0 aliphatic heterocycles. The van der Waals surface area contributed by atoms with Crippen molar-refractivity contribution in [2.75, 3.05) is 18.9 Å². The molecule has 29 heavy (non-hydrogen) atoms. The number of esters is 1. The number of thioether (sulfide) groups is 1. The maximum absolute atomic E-state index is 12.4. The van der Waals surface area contributed by atoms with E-state index in [0.29, 0.717) is 17.5 Å². The van der Waals surface area contributed by atoms with E-state index in [4.69, 9.17) is 20.8 Å². The molecule has 2 aromatic rings. The molecular formula is C20H24ClN3O4S. The second kappa shape index (κ2) is 10.6. The van der Waals surface area contributed by atoms with Crippen LogP contribution >= 0.6 is 23.4 Å². The van der Waals surface area contributed by atoms with Crippen molar-refractivity contribution < 1.29 is 18.7 Å². The summed E-state index contributed by atoms with van der Waals surface area (Å²) in [6, 6.07) is 7.27. The van der Waals surface area contributed by atoms with Crippen molar-refractivity contribution in [2.45, 2.75) is 50.3 Å². The van der Waals surface area contributed by atoms with Gasteiger partial charge in [-0.15, -0.1) is 10.2 Å². The summed E-state index contributed by atoms with van der Waals surface area (Å²) in [5.41, 5.74) is 0.740. The lowest BCUT2D eigenvalue weighted by atomic mass is 9.94. The average Bonchev–Trinajstić information content (AvgIpc) is 3.21. The Labute approximate surface area is 179 Å². The molecule has 1 fully saturated rings. The zero-order valence-electron chi connectivity index (χ0n) is 16.3. The number of likely N-dealkylation sites (N-methyl/N-ethyl adjacent to an activating group) is 1. The molecule has 1 aromatic carbocycles. The van der Waals surface area contributed by atoms with Crippen LogP contribution in [0.15, 0.2) is 33.9 Å². The van der Waals surface area contributed by atoms with Gasteiger partial charge in [-0.1, -0.05) is 42.6 Å². The van der Waals surface area contributed by atoms with Crippen molar-refractivity contribution in [2.24, 2.45) is 0 Å². The van der Waals surface area contributed by atoms with E-state index in [1.807, 2.05) is 11.8 Å². The number of ether oxygens (including phenoxy) is 1. The fraction of sp³-hybridized carbons (Fsp3) is 0.500. The number of rotatable bonds is 8. The third-order valence-electron chi connectivity index (χ3n) is 4.84. The molecule has 0 spiro atoms. The lowest BCUT2D eigenvalue weighted by Gasteiger charge is -2.33. The number of hydrogen-bond acceptors (Lipinski definition) is 7. The van der Waals surface area contributed by atoms with Crippen LogP contribution in [0.2, 0.25) is 5.02 Å². The molecule has 0 bridgehead atoms. The summed E-state index contributed by atoms with van der Waals surface area (Å²) in [6.07, 6.45) is 5.57. The molecule has 9 heteroatoms. The summed E-state index contributed by atoms with van der Waals surface area (Å²) in [5, 5.41) is 8.75. The summed E-state index contributed by atoms with van der Waals surface area (Å²) < 4.78 is 10.7. The van der Waals surface area contributed by atoms with Crippen LogP contribution in [-0.2, 0) is 14.3 Å². The molecule has 0 atom stereocenters. The Bertz CT molecular complexity index is 821. The van der Waals surface area contributed by atoms with E-state index in [0.717, 1.165) is 43.0 Å². The van der Waals surface area contributed by atoms with E-state index >= 15 is 0 Å². The van der Waals surface area contributed by atoms with Crippen molar-refractivity contribution in [3.05, 3.63) is 29.3 Å². The van der Waals surface area contributed by atoms with Crippen LogP contribution in [0, 0.1) is 0 Å². The molecule has 1 aromatic heterocycles. The number of hydrogen-bond donors (Lipinski definition) is 0. The van der Waals surface area contributed by atoms with Crippen molar-refractivity contribution in [3.63, 3.8) is 0 Å². The van der Waals surface area contributed by atoms with E-state index < -0.39 is 5.97 Å². The molecular weight excluding hydrogens is 414 g/mol. The summed E-state index contributed by atoms with van der Waals surface area (Å²) in [4.78, 5) is 26.3. The Morgan fingerprint density at radius 3 is 2.62 bits per heavy atom. The zero-order chi connectivity index (χ0) is 20.6. The maximum Gasteiger partial charge on any atom is 0.316 e. The van der Waals surface area contributed by atoms with Crippen molar-refractivity contribution in [1.82, 2.24) is 15.1 Å². The Balaban J connectivity index is 1.44. The van der Waals surface area contributed by atoms with Crippen molar-refractivity contribution >= 4 is 35.2 Å².